The van der Waals surface area contributed by atoms with Crippen LogP contribution in [0, 0.1) is 0 Å². The average molecular weight is 276 g/mol. The highest BCUT2D eigenvalue weighted by Crippen LogP contribution is 2.39. The molecule has 0 spiro atoms. The number of furan rings is 1. The Labute approximate surface area is 121 Å². The van der Waals surface area contributed by atoms with Crippen LogP contribution >= 0.6 is 11.3 Å². The minimum absolute atomic E-state index is 0.931. The van der Waals surface area contributed by atoms with E-state index in [-0.39, 0.29) is 0 Å². The summed E-state index contributed by atoms with van der Waals surface area (Å²) in [5.74, 6) is 0.931. The number of benzene rings is 2. The third-order valence-corrected chi connectivity index (χ3v) is 4.41. The SMILES string of the molecule is c1ccc(-c2cc3c(-c4ccccc4)scc3o2)cc1. The number of fused-ring (bicyclic) bond motifs is 1. The van der Waals surface area contributed by atoms with Crippen molar-refractivity contribution in [2.75, 3.05) is 0 Å². The molecule has 2 aromatic heterocycles. The van der Waals surface area contributed by atoms with Crippen LogP contribution in [0.4, 0.5) is 0 Å². The van der Waals surface area contributed by atoms with Crippen LogP contribution in [0.1, 0.15) is 0 Å². The summed E-state index contributed by atoms with van der Waals surface area (Å²) in [6.45, 7) is 0. The van der Waals surface area contributed by atoms with E-state index < -0.39 is 0 Å². The number of thiophene rings is 1. The highest BCUT2D eigenvalue weighted by atomic mass is 32.1. The highest BCUT2D eigenvalue weighted by Gasteiger charge is 2.12. The molecule has 2 heteroatoms. The van der Waals surface area contributed by atoms with Crippen molar-refractivity contribution in [2.45, 2.75) is 0 Å². The molecule has 4 rings (SSSR count). The first-order chi connectivity index (χ1) is 9.92. The maximum absolute atomic E-state index is 5.97. The molecular formula is C18H12OS. The van der Waals surface area contributed by atoms with Gasteiger partial charge in [0.25, 0.3) is 0 Å². The Morgan fingerprint density at radius 3 is 2.10 bits per heavy atom. The van der Waals surface area contributed by atoms with Crippen LogP contribution in [-0.2, 0) is 0 Å². The lowest BCUT2D eigenvalue weighted by atomic mass is 10.1. The van der Waals surface area contributed by atoms with Gasteiger partial charge in [0.1, 0.15) is 11.3 Å². The molecule has 0 saturated heterocycles. The smallest absolute Gasteiger partial charge is 0.146 e. The predicted octanol–water partition coefficient (Wildman–Crippen LogP) is 5.83. The fraction of sp³-hybridized carbons (Fsp3) is 0. The van der Waals surface area contributed by atoms with E-state index in [4.69, 9.17) is 4.42 Å². The fourth-order valence-corrected chi connectivity index (χ4v) is 3.36. The van der Waals surface area contributed by atoms with Crippen molar-refractivity contribution >= 4 is 22.3 Å². The summed E-state index contributed by atoms with van der Waals surface area (Å²) in [7, 11) is 0. The van der Waals surface area contributed by atoms with Gasteiger partial charge in [0.05, 0.1) is 0 Å². The molecule has 0 aliphatic rings. The molecule has 0 atom stereocenters. The zero-order valence-electron chi connectivity index (χ0n) is 10.7. The summed E-state index contributed by atoms with van der Waals surface area (Å²) >= 11 is 1.73. The maximum Gasteiger partial charge on any atom is 0.146 e. The van der Waals surface area contributed by atoms with E-state index in [2.05, 4.69) is 47.8 Å². The summed E-state index contributed by atoms with van der Waals surface area (Å²) in [6.07, 6.45) is 0. The molecule has 0 radical (unpaired) electrons. The van der Waals surface area contributed by atoms with E-state index in [0.717, 1.165) is 16.9 Å². The standard InChI is InChI=1S/C18H12OS/c1-3-7-13(8-4-1)16-11-15-17(19-16)12-20-18(15)14-9-5-2-6-10-14/h1-12H. The Morgan fingerprint density at radius 2 is 1.40 bits per heavy atom. The Kier molecular flexibility index (Phi) is 2.68. The van der Waals surface area contributed by atoms with Crippen LogP contribution in [-0.4, -0.2) is 0 Å². The molecule has 1 nitrogen and oxygen atoms in total. The second kappa shape index (κ2) is 4.66. The minimum Gasteiger partial charge on any atom is -0.455 e. The lowest BCUT2D eigenvalue weighted by Gasteiger charge is -1.96. The van der Waals surface area contributed by atoms with Crippen molar-refractivity contribution in [1.29, 1.82) is 0 Å². The molecule has 20 heavy (non-hydrogen) atoms. The van der Waals surface area contributed by atoms with Gasteiger partial charge in [0.2, 0.25) is 0 Å². The van der Waals surface area contributed by atoms with Gasteiger partial charge in [-0.2, -0.15) is 0 Å². The van der Waals surface area contributed by atoms with E-state index in [9.17, 15) is 0 Å². The zero-order chi connectivity index (χ0) is 13.4. The number of hydrogen-bond acceptors (Lipinski definition) is 2. The van der Waals surface area contributed by atoms with Crippen molar-refractivity contribution < 1.29 is 4.42 Å². The first-order valence-corrected chi connectivity index (χ1v) is 7.42. The second-order valence-corrected chi connectivity index (χ2v) is 5.57. The van der Waals surface area contributed by atoms with Crippen LogP contribution in [0.5, 0.6) is 0 Å². The molecule has 0 amide bonds. The van der Waals surface area contributed by atoms with Crippen molar-refractivity contribution in [3.8, 4) is 21.8 Å². The monoisotopic (exact) mass is 276 g/mol. The van der Waals surface area contributed by atoms with Gasteiger partial charge in [-0.25, -0.2) is 0 Å². The van der Waals surface area contributed by atoms with Crippen molar-refractivity contribution in [3.63, 3.8) is 0 Å². The molecule has 96 valence electrons. The van der Waals surface area contributed by atoms with Gasteiger partial charge in [-0.05, 0) is 11.6 Å². The highest BCUT2D eigenvalue weighted by molar-refractivity contribution is 7.15. The van der Waals surface area contributed by atoms with E-state index in [0.29, 0.717) is 0 Å². The van der Waals surface area contributed by atoms with Gasteiger partial charge in [0, 0.05) is 21.2 Å². The molecular weight excluding hydrogens is 264 g/mol. The van der Waals surface area contributed by atoms with Crippen LogP contribution in [0.15, 0.2) is 76.5 Å². The van der Waals surface area contributed by atoms with Crippen LogP contribution in [0.2, 0.25) is 0 Å². The van der Waals surface area contributed by atoms with Crippen LogP contribution < -0.4 is 0 Å². The van der Waals surface area contributed by atoms with Gasteiger partial charge < -0.3 is 4.42 Å². The quantitative estimate of drug-likeness (QED) is 0.449. The van der Waals surface area contributed by atoms with Gasteiger partial charge in [-0.3, -0.25) is 0 Å². The molecule has 4 aromatic rings. The molecule has 0 saturated carbocycles. The van der Waals surface area contributed by atoms with Crippen LogP contribution in [0.25, 0.3) is 32.7 Å². The Bertz CT molecular complexity index is 841. The summed E-state index contributed by atoms with van der Waals surface area (Å²) in [6, 6.07) is 22.8. The van der Waals surface area contributed by atoms with Gasteiger partial charge >= 0.3 is 0 Å². The topological polar surface area (TPSA) is 13.1 Å². The second-order valence-electron chi connectivity index (χ2n) is 4.69. The summed E-state index contributed by atoms with van der Waals surface area (Å²) in [5.41, 5.74) is 3.33. The molecule has 0 aliphatic carbocycles. The molecule has 0 unspecified atom stereocenters. The summed E-state index contributed by atoms with van der Waals surface area (Å²) < 4.78 is 5.97. The van der Waals surface area contributed by atoms with Crippen molar-refractivity contribution in [2.24, 2.45) is 0 Å². The minimum atomic E-state index is 0.931. The Morgan fingerprint density at radius 1 is 0.750 bits per heavy atom. The fourth-order valence-electron chi connectivity index (χ4n) is 2.40. The molecule has 0 aliphatic heterocycles. The Balaban J connectivity index is 1.88. The molecule has 0 N–H and O–H groups in total. The predicted molar refractivity (Wildman–Crippen MR) is 85.0 cm³/mol. The summed E-state index contributed by atoms with van der Waals surface area (Å²) in [5, 5.41) is 3.28. The molecule has 2 aromatic carbocycles. The average Bonchev–Trinajstić information content (AvgIpc) is 3.09. The van der Waals surface area contributed by atoms with E-state index in [1.807, 2.05) is 24.3 Å². The number of rotatable bonds is 2. The van der Waals surface area contributed by atoms with Crippen molar-refractivity contribution in [3.05, 3.63) is 72.1 Å². The van der Waals surface area contributed by atoms with E-state index >= 15 is 0 Å². The van der Waals surface area contributed by atoms with E-state index in [1.54, 1.807) is 11.3 Å². The third-order valence-electron chi connectivity index (χ3n) is 3.38. The lowest BCUT2D eigenvalue weighted by Crippen LogP contribution is -1.71. The van der Waals surface area contributed by atoms with Gasteiger partial charge in [-0.15, -0.1) is 11.3 Å². The first-order valence-electron chi connectivity index (χ1n) is 6.54. The van der Waals surface area contributed by atoms with Crippen molar-refractivity contribution in [1.82, 2.24) is 0 Å². The molecule has 0 bridgehead atoms. The number of hydrogen-bond donors (Lipinski definition) is 0. The normalized spacial score (nSPS) is 11.0. The Hall–Kier alpha value is -2.32. The van der Waals surface area contributed by atoms with Crippen LogP contribution in [0.3, 0.4) is 0 Å². The molecule has 0 fully saturated rings. The first kappa shape index (κ1) is 11.5. The zero-order valence-corrected chi connectivity index (χ0v) is 11.6. The van der Waals surface area contributed by atoms with Gasteiger partial charge in [0.15, 0.2) is 0 Å². The van der Waals surface area contributed by atoms with Gasteiger partial charge in [-0.1, -0.05) is 60.7 Å². The lowest BCUT2D eigenvalue weighted by molar-refractivity contribution is 0.633. The largest absolute Gasteiger partial charge is 0.455 e. The molecule has 2 heterocycles. The van der Waals surface area contributed by atoms with E-state index in [1.165, 1.54) is 15.8 Å². The summed E-state index contributed by atoms with van der Waals surface area (Å²) in [4.78, 5) is 1.27. The third kappa shape index (κ3) is 1.86. The maximum atomic E-state index is 5.97.